The Morgan fingerprint density at radius 3 is 2.86 bits per heavy atom. The number of aliphatic hydroxyl groups is 1. The number of hydrogen-bond acceptors (Lipinski definition) is 5. The maximum absolute atomic E-state index is 12.6. The van der Waals surface area contributed by atoms with Gasteiger partial charge in [0, 0.05) is 31.3 Å². The molecule has 0 amide bonds. The minimum Gasteiger partial charge on any atom is -0.396 e. The Balaban J connectivity index is 2.28. The zero-order valence-electron chi connectivity index (χ0n) is 11.5. The third-order valence-electron chi connectivity index (χ3n) is 3.65. The molecule has 0 radical (unpaired) electrons. The smallest absolute Gasteiger partial charge is 0.270 e. The standard InChI is InChI=1S/C13H18N2O5S/c16-9-3-6-11-5-2-8-14(11)21(19,20)13-7-1-4-12(10-13)15(17)18/h1,4,7,10-11,16H,2-3,5-6,8-9H2. The Labute approximate surface area is 123 Å². The molecular formula is C13H18N2O5S. The zero-order valence-corrected chi connectivity index (χ0v) is 12.3. The molecular weight excluding hydrogens is 296 g/mol. The first-order valence-corrected chi connectivity index (χ1v) is 8.28. The van der Waals surface area contributed by atoms with Crippen LogP contribution in [0.25, 0.3) is 0 Å². The molecule has 1 N–H and O–H groups in total. The summed E-state index contributed by atoms with van der Waals surface area (Å²) in [5.74, 6) is 0. The van der Waals surface area contributed by atoms with Crippen LogP contribution >= 0.6 is 0 Å². The van der Waals surface area contributed by atoms with Gasteiger partial charge >= 0.3 is 0 Å². The van der Waals surface area contributed by atoms with Gasteiger partial charge in [-0.1, -0.05) is 6.07 Å². The summed E-state index contributed by atoms with van der Waals surface area (Å²) >= 11 is 0. The summed E-state index contributed by atoms with van der Waals surface area (Å²) in [6.07, 6.45) is 2.68. The Morgan fingerprint density at radius 2 is 2.19 bits per heavy atom. The molecule has 8 heteroatoms. The molecule has 1 unspecified atom stereocenters. The zero-order chi connectivity index (χ0) is 15.5. The van der Waals surface area contributed by atoms with Crippen molar-refractivity contribution in [2.75, 3.05) is 13.2 Å². The van der Waals surface area contributed by atoms with Gasteiger partial charge in [-0.05, 0) is 31.7 Å². The monoisotopic (exact) mass is 314 g/mol. The van der Waals surface area contributed by atoms with Crippen LogP contribution in [0, 0.1) is 10.1 Å². The SMILES string of the molecule is O=[N+]([O-])c1cccc(S(=O)(=O)N2CCCC2CCCO)c1. The van der Waals surface area contributed by atoms with Crippen LogP contribution in [-0.4, -0.2) is 41.9 Å². The van der Waals surface area contributed by atoms with Gasteiger partial charge in [0.1, 0.15) is 0 Å². The minimum atomic E-state index is -3.73. The number of hydrogen-bond donors (Lipinski definition) is 1. The second kappa shape index (κ2) is 6.50. The molecule has 1 fully saturated rings. The third kappa shape index (κ3) is 3.39. The molecule has 1 aliphatic rings. The molecule has 1 aromatic carbocycles. The first-order chi connectivity index (χ1) is 9.96. The van der Waals surface area contributed by atoms with Gasteiger partial charge in [-0.15, -0.1) is 0 Å². The summed E-state index contributed by atoms with van der Waals surface area (Å²) in [6.45, 7) is 0.447. The van der Waals surface area contributed by atoms with E-state index in [9.17, 15) is 18.5 Å². The number of nitrogens with zero attached hydrogens (tertiary/aromatic N) is 2. The predicted molar refractivity (Wildman–Crippen MR) is 76.3 cm³/mol. The Hall–Kier alpha value is -1.51. The predicted octanol–water partition coefficient (Wildman–Crippen LogP) is 1.52. The van der Waals surface area contributed by atoms with Gasteiger partial charge in [-0.3, -0.25) is 10.1 Å². The number of aliphatic hydroxyl groups excluding tert-OH is 1. The second-order valence-corrected chi connectivity index (χ2v) is 6.92. The van der Waals surface area contributed by atoms with E-state index in [4.69, 9.17) is 5.11 Å². The van der Waals surface area contributed by atoms with Gasteiger partial charge in [0.15, 0.2) is 0 Å². The van der Waals surface area contributed by atoms with Gasteiger partial charge in [-0.2, -0.15) is 4.31 Å². The molecule has 1 atom stereocenters. The lowest BCUT2D eigenvalue weighted by Crippen LogP contribution is -2.35. The van der Waals surface area contributed by atoms with Crippen molar-refractivity contribution in [3.05, 3.63) is 34.4 Å². The van der Waals surface area contributed by atoms with Crippen LogP contribution in [0.5, 0.6) is 0 Å². The fraction of sp³-hybridized carbons (Fsp3) is 0.538. The quantitative estimate of drug-likeness (QED) is 0.633. The molecule has 1 aromatic rings. The van der Waals surface area contributed by atoms with Crippen LogP contribution in [0.3, 0.4) is 0 Å². The van der Waals surface area contributed by atoms with Crippen molar-refractivity contribution in [2.45, 2.75) is 36.6 Å². The van der Waals surface area contributed by atoms with Crippen LogP contribution < -0.4 is 0 Å². The summed E-state index contributed by atoms with van der Waals surface area (Å²) in [7, 11) is -3.73. The van der Waals surface area contributed by atoms with Gasteiger partial charge in [0.25, 0.3) is 5.69 Å². The molecule has 0 aliphatic carbocycles. The number of rotatable bonds is 6. The van der Waals surface area contributed by atoms with E-state index < -0.39 is 14.9 Å². The Morgan fingerprint density at radius 1 is 1.43 bits per heavy atom. The number of nitro groups is 1. The van der Waals surface area contributed by atoms with E-state index in [1.807, 2.05) is 0 Å². The first kappa shape index (κ1) is 15.9. The summed E-state index contributed by atoms with van der Waals surface area (Å²) in [6, 6.07) is 4.98. The van der Waals surface area contributed by atoms with Crippen LogP contribution in [0.1, 0.15) is 25.7 Å². The van der Waals surface area contributed by atoms with Gasteiger partial charge in [-0.25, -0.2) is 8.42 Å². The van der Waals surface area contributed by atoms with Crippen LogP contribution in [-0.2, 0) is 10.0 Å². The highest BCUT2D eigenvalue weighted by molar-refractivity contribution is 7.89. The Kier molecular flexibility index (Phi) is 4.92. The lowest BCUT2D eigenvalue weighted by molar-refractivity contribution is -0.385. The maximum atomic E-state index is 12.6. The van der Waals surface area contributed by atoms with Crippen molar-refractivity contribution < 1.29 is 18.4 Å². The molecule has 0 spiro atoms. The highest BCUT2D eigenvalue weighted by Gasteiger charge is 2.35. The largest absolute Gasteiger partial charge is 0.396 e. The van der Waals surface area contributed by atoms with E-state index >= 15 is 0 Å². The molecule has 0 saturated carbocycles. The fourth-order valence-electron chi connectivity index (χ4n) is 2.63. The molecule has 1 aliphatic heterocycles. The Bertz CT molecular complexity index is 617. The summed E-state index contributed by atoms with van der Waals surface area (Å²) in [5.41, 5.74) is -0.234. The molecule has 1 heterocycles. The van der Waals surface area contributed by atoms with E-state index in [1.54, 1.807) is 0 Å². The number of nitro benzene ring substituents is 1. The lowest BCUT2D eigenvalue weighted by atomic mass is 10.1. The van der Waals surface area contributed by atoms with Crippen molar-refractivity contribution in [3.8, 4) is 0 Å². The molecule has 21 heavy (non-hydrogen) atoms. The van der Waals surface area contributed by atoms with Gasteiger partial charge < -0.3 is 5.11 Å². The van der Waals surface area contributed by atoms with Crippen molar-refractivity contribution >= 4 is 15.7 Å². The number of non-ortho nitro benzene ring substituents is 1. The topological polar surface area (TPSA) is 101 Å². The van der Waals surface area contributed by atoms with Crippen LogP contribution in [0.2, 0.25) is 0 Å². The van der Waals surface area contributed by atoms with Crippen LogP contribution in [0.4, 0.5) is 5.69 Å². The average Bonchev–Trinajstić information content (AvgIpc) is 2.94. The van der Waals surface area contributed by atoms with Crippen molar-refractivity contribution in [1.82, 2.24) is 4.31 Å². The van der Waals surface area contributed by atoms with Crippen molar-refractivity contribution in [3.63, 3.8) is 0 Å². The summed E-state index contributed by atoms with van der Waals surface area (Å²) in [4.78, 5) is 10.1. The van der Waals surface area contributed by atoms with E-state index in [0.29, 0.717) is 19.4 Å². The lowest BCUT2D eigenvalue weighted by Gasteiger charge is -2.23. The molecule has 0 bridgehead atoms. The molecule has 7 nitrogen and oxygen atoms in total. The summed E-state index contributed by atoms with van der Waals surface area (Å²) < 4.78 is 26.7. The molecule has 1 saturated heterocycles. The highest BCUT2D eigenvalue weighted by Crippen LogP contribution is 2.29. The normalized spacial score (nSPS) is 19.8. The highest BCUT2D eigenvalue weighted by atomic mass is 32.2. The number of benzene rings is 1. The molecule has 0 aromatic heterocycles. The second-order valence-electron chi connectivity index (χ2n) is 5.03. The fourth-order valence-corrected chi connectivity index (χ4v) is 4.40. The van der Waals surface area contributed by atoms with E-state index in [2.05, 4.69) is 0 Å². The molecule has 116 valence electrons. The molecule has 2 rings (SSSR count). The summed E-state index contributed by atoms with van der Waals surface area (Å²) in [5, 5.41) is 19.7. The minimum absolute atomic E-state index is 0.0290. The third-order valence-corrected chi connectivity index (χ3v) is 5.60. The maximum Gasteiger partial charge on any atom is 0.270 e. The van der Waals surface area contributed by atoms with E-state index in [1.165, 1.54) is 22.5 Å². The van der Waals surface area contributed by atoms with E-state index in [-0.39, 0.29) is 23.2 Å². The van der Waals surface area contributed by atoms with Gasteiger partial charge in [0.05, 0.1) is 9.82 Å². The van der Waals surface area contributed by atoms with Crippen molar-refractivity contribution in [1.29, 1.82) is 0 Å². The van der Waals surface area contributed by atoms with Gasteiger partial charge in [0.2, 0.25) is 10.0 Å². The van der Waals surface area contributed by atoms with Crippen molar-refractivity contribution in [2.24, 2.45) is 0 Å². The number of sulfonamides is 1. The van der Waals surface area contributed by atoms with E-state index in [0.717, 1.165) is 18.9 Å². The van der Waals surface area contributed by atoms with Crippen LogP contribution in [0.15, 0.2) is 29.2 Å². The first-order valence-electron chi connectivity index (χ1n) is 6.84. The average molecular weight is 314 g/mol.